The summed E-state index contributed by atoms with van der Waals surface area (Å²) in [4.78, 5) is 10.7. The Kier molecular flexibility index (Phi) is 6.17. The van der Waals surface area contributed by atoms with Crippen LogP contribution in [-0.4, -0.2) is 9.97 Å². The number of aromatic nitrogens is 2. The number of hydrogen-bond acceptors (Lipinski definition) is 3. The summed E-state index contributed by atoms with van der Waals surface area (Å²) in [6, 6.07) is 64.5. The van der Waals surface area contributed by atoms with Gasteiger partial charge in [-0.25, -0.2) is 9.97 Å². The van der Waals surface area contributed by atoms with E-state index in [4.69, 9.17) is 14.4 Å². The smallest absolute Gasteiger partial charge is 0.161 e. The van der Waals surface area contributed by atoms with E-state index in [1.54, 1.807) is 0 Å². The highest BCUT2D eigenvalue weighted by atomic mass is 16.3. The van der Waals surface area contributed by atoms with E-state index in [-0.39, 0.29) is 0 Å². The second kappa shape index (κ2) is 11.1. The van der Waals surface area contributed by atoms with Gasteiger partial charge in [0.25, 0.3) is 0 Å². The molecule has 0 saturated heterocycles. The molecule has 0 atom stereocenters. The van der Waals surface area contributed by atoms with Crippen LogP contribution in [0.5, 0.6) is 0 Å². The predicted octanol–water partition coefficient (Wildman–Crippen LogP) is 12.2. The highest BCUT2D eigenvalue weighted by molar-refractivity contribution is 6.04. The van der Waals surface area contributed by atoms with Crippen molar-refractivity contribution in [3.63, 3.8) is 0 Å². The molecule has 0 amide bonds. The highest BCUT2D eigenvalue weighted by Gasteiger charge is 2.55. The van der Waals surface area contributed by atoms with Crippen LogP contribution in [0.25, 0.3) is 78.4 Å². The molecule has 2 aromatic heterocycles. The summed E-state index contributed by atoms with van der Waals surface area (Å²) in [6.45, 7) is 0. The number of rotatable bonds is 4. The molecule has 0 bridgehead atoms. The van der Waals surface area contributed by atoms with Gasteiger partial charge in [-0.05, 0) is 51.1 Å². The summed E-state index contributed by atoms with van der Waals surface area (Å²) in [5.74, 6) is 1.56. The van der Waals surface area contributed by atoms with Crippen LogP contribution in [0.3, 0.4) is 0 Å². The zero-order chi connectivity index (χ0) is 34.2. The SMILES string of the molecule is c1ccc(-c2ccc(-c3cc(-c4ccccc4)nc(-c4cccc5c4-c4oc6ccccc6c4C54c5ccccc5-c5ccccc54)n3)cc2)cc1. The van der Waals surface area contributed by atoms with Gasteiger partial charge in [-0.1, -0.05) is 170 Å². The van der Waals surface area contributed by atoms with Gasteiger partial charge in [0.15, 0.2) is 5.82 Å². The molecule has 7 aromatic carbocycles. The third-order valence-electron chi connectivity index (χ3n) is 10.9. The monoisotopic (exact) mass is 662 g/mol. The van der Waals surface area contributed by atoms with Crippen LogP contribution >= 0.6 is 0 Å². The van der Waals surface area contributed by atoms with Gasteiger partial charge in [0, 0.05) is 33.2 Å². The van der Waals surface area contributed by atoms with E-state index in [2.05, 4.69) is 170 Å². The third kappa shape index (κ3) is 4.02. The van der Waals surface area contributed by atoms with Gasteiger partial charge >= 0.3 is 0 Å². The minimum atomic E-state index is -0.548. The Morgan fingerprint density at radius 3 is 1.60 bits per heavy atom. The van der Waals surface area contributed by atoms with Crippen LogP contribution in [0, 0.1) is 0 Å². The summed E-state index contributed by atoms with van der Waals surface area (Å²) >= 11 is 0. The molecule has 2 aliphatic carbocycles. The molecule has 0 unspecified atom stereocenters. The average Bonchev–Trinajstić information content (AvgIpc) is 3.85. The van der Waals surface area contributed by atoms with Crippen LogP contribution in [0.4, 0.5) is 0 Å². The zero-order valence-corrected chi connectivity index (χ0v) is 28.1. The van der Waals surface area contributed by atoms with Crippen LogP contribution < -0.4 is 0 Å². The summed E-state index contributed by atoms with van der Waals surface area (Å²) in [5, 5.41) is 1.13. The molecule has 2 aliphatic rings. The minimum absolute atomic E-state index is 0.548. The maximum absolute atomic E-state index is 6.95. The highest BCUT2D eigenvalue weighted by Crippen LogP contribution is 2.65. The van der Waals surface area contributed by atoms with Crippen molar-refractivity contribution in [3.8, 4) is 67.5 Å². The Morgan fingerprint density at radius 1 is 0.404 bits per heavy atom. The number of fused-ring (bicyclic) bond motifs is 12. The molecule has 3 heteroatoms. The van der Waals surface area contributed by atoms with E-state index in [0.717, 1.165) is 50.4 Å². The molecule has 242 valence electrons. The summed E-state index contributed by atoms with van der Waals surface area (Å²) in [5.41, 5.74) is 16.0. The van der Waals surface area contributed by atoms with Crippen LogP contribution in [0.15, 0.2) is 186 Å². The molecule has 0 N–H and O–H groups in total. The molecule has 52 heavy (non-hydrogen) atoms. The Labute approximate surface area is 301 Å². The van der Waals surface area contributed by atoms with Crippen molar-refractivity contribution in [2.75, 3.05) is 0 Å². The predicted molar refractivity (Wildman–Crippen MR) is 210 cm³/mol. The Hall–Kier alpha value is -6.84. The standard InChI is InChI=1S/C49H30N2O/c1-3-14-31(15-4-1)32-26-28-34(29-27-32)43-30-42(33-16-5-2-6-17-33)50-48(51-43)38-21-13-24-41-45(38)47-46(37-20-9-12-25-44(37)52-47)49(41)39-22-10-7-18-35(39)36-19-8-11-23-40(36)49/h1-30H. The summed E-state index contributed by atoms with van der Waals surface area (Å²) in [7, 11) is 0. The minimum Gasteiger partial charge on any atom is -0.456 e. The largest absolute Gasteiger partial charge is 0.456 e. The van der Waals surface area contributed by atoms with Crippen molar-refractivity contribution < 1.29 is 4.42 Å². The fourth-order valence-corrected chi connectivity index (χ4v) is 8.76. The number of hydrogen-bond donors (Lipinski definition) is 0. The number of benzene rings is 7. The molecular weight excluding hydrogens is 633 g/mol. The van der Waals surface area contributed by atoms with Gasteiger partial charge in [-0.15, -0.1) is 0 Å². The van der Waals surface area contributed by atoms with Crippen molar-refractivity contribution in [3.05, 3.63) is 204 Å². The van der Waals surface area contributed by atoms with Crippen molar-refractivity contribution in [2.45, 2.75) is 5.41 Å². The number of para-hydroxylation sites is 1. The fourth-order valence-electron chi connectivity index (χ4n) is 8.76. The van der Waals surface area contributed by atoms with Gasteiger partial charge in [0.05, 0.1) is 16.8 Å². The van der Waals surface area contributed by atoms with E-state index >= 15 is 0 Å². The van der Waals surface area contributed by atoms with Crippen LogP contribution in [0.2, 0.25) is 0 Å². The van der Waals surface area contributed by atoms with Crippen molar-refractivity contribution >= 4 is 11.0 Å². The number of furan rings is 1. The molecule has 3 nitrogen and oxygen atoms in total. The van der Waals surface area contributed by atoms with E-state index in [9.17, 15) is 0 Å². The first kappa shape index (κ1) is 28.9. The second-order valence-electron chi connectivity index (χ2n) is 13.6. The first-order valence-corrected chi connectivity index (χ1v) is 17.7. The van der Waals surface area contributed by atoms with Crippen LogP contribution in [0.1, 0.15) is 22.3 Å². The van der Waals surface area contributed by atoms with Gasteiger partial charge in [-0.2, -0.15) is 0 Å². The normalized spacial score (nSPS) is 13.2. The van der Waals surface area contributed by atoms with Crippen LogP contribution in [-0.2, 0) is 5.41 Å². The molecule has 1 spiro atoms. The molecule has 9 aromatic rings. The maximum Gasteiger partial charge on any atom is 0.161 e. The topological polar surface area (TPSA) is 38.9 Å². The first-order valence-electron chi connectivity index (χ1n) is 17.7. The lowest BCUT2D eigenvalue weighted by atomic mass is 9.70. The average molecular weight is 663 g/mol. The lowest BCUT2D eigenvalue weighted by molar-refractivity contribution is 0.628. The van der Waals surface area contributed by atoms with Gasteiger partial charge in [0.2, 0.25) is 0 Å². The number of nitrogens with zero attached hydrogens (tertiary/aromatic N) is 2. The summed E-state index contributed by atoms with van der Waals surface area (Å²) < 4.78 is 6.95. The van der Waals surface area contributed by atoms with Crippen molar-refractivity contribution in [2.24, 2.45) is 0 Å². The molecule has 0 aliphatic heterocycles. The third-order valence-corrected chi connectivity index (χ3v) is 10.9. The molecule has 11 rings (SSSR count). The van der Waals surface area contributed by atoms with E-state index in [1.807, 2.05) is 12.1 Å². The molecule has 0 saturated carbocycles. The quantitative estimate of drug-likeness (QED) is 0.188. The Morgan fingerprint density at radius 2 is 0.904 bits per heavy atom. The lowest BCUT2D eigenvalue weighted by Crippen LogP contribution is -2.25. The first-order chi connectivity index (χ1) is 25.8. The Balaban J connectivity index is 1.19. The molecular formula is C49H30N2O. The summed E-state index contributed by atoms with van der Waals surface area (Å²) in [6.07, 6.45) is 0. The van der Waals surface area contributed by atoms with E-state index in [1.165, 1.54) is 44.5 Å². The second-order valence-corrected chi connectivity index (χ2v) is 13.6. The van der Waals surface area contributed by atoms with E-state index in [0.29, 0.717) is 5.82 Å². The fraction of sp³-hybridized carbons (Fsp3) is 0.0204. The molecule has 2 heterocycles. The maximum atomic E-state index is 6.95. The Bertz CT molecular complexity index is 2790. The van der Waals surface area contributed by atoms with Crippen molar-refractivity contribution in [1.82, 2.24) is 9.97 Å². The zero-order valence-electron chi connectivity index (χ0n) is 28.1. The van der Waals surface area contributed by atoms with Crippen molar-refractivity contribution in [1.29, 1.82) is 0 Å². The van der Waals surface area contributed by atoms with E-state index < -0.39 is 5.41 Å². The van der Waals surface area contributed by atoms with Gasteiger partial charge < -0.3 is 4.42 Å². The van der Waals surface area contributed by atoms with Gasteiger partial charge in [-0.3, -0.25) is 0 Å². The molecule has 0 fully saturated rings. The molecule has 0 radical (unpaired) electrons. The lowest BCUT2D eigenvalue weighted by Gasteiger charge is -2.30. The van der Waals surface area contributed by atoms with Gasteiger partial charge in [0.1, 0.15) is 11.3 Å².